The molecule has 0 spiro atoms. The van der Waals surface area contributed by atoms with E-state index in [1.807, 2.05) is 37.3 Å². The molecule has 1 aromatic rings. The van der Waals surface area contributed by atoms with Crippen LogP contribution in [-0.4, -0.2) is 44.0 Å². The van der Waals surface area contributed by atoms with Gasteiger partial charge in [-0.1, -0.05) is 17.0 Å². The highest BCUT2D eigenvalue weighted by Gasteiger charge is 2.35. The number of allylic oxidation sites excluding steroid dienone is 1. The van der Waals surface area contributed by atoms with E-state index in [1.54, 1.807) is 7.11 Å². The summed E-state index contributed by atoms with van der Waals surface area (Å²) in [5.74, 6) is 7.71. The molecule has 2 atom stereocenters. The molecule has 3 rings (SSSR count). The molecule has 2 fully saturated rings. The SMILES string of the molecule is COc1ccc(C#C/C(C)=C/CO/N=C2\CN3CCC2C3)cc1. The van der Waals surface area contributed by atoms with Crippen LogP contribution >= 0.6 is 0 Å². The van der Waals surface area contributed by atoms with Gasteiger partial charge in [0.25, 0.3) is 0 Å². The van der Waals surface area contributed by atoms with E-state index in [-0.39, 0.29) is 0 Å². The van der Waals surface area contributed by atoms with Crippen LogP contribution in [-0.2, 0) is 4.84 Å². The van der Waals surface area contributed by atoms with Crippen molar-refractivity contribution in [1.82, 2.24) is 4.90 Å². The molecule has 2 saturated heterocycles. The van der Waals surface area contributed by atoms with Crippen molar-refractivity contribution >= 4 is 5.71 Å². The molecule has 120 valence electrons. The smallest absolute Gasteiger partial charge is 0.136 e. The van der Waals surface area contributed by atoms with E-state index in [1.165, 1.54) is 18.7 Å². The summed E-state index contributed by atoms with van der Waals surface area (Å²) in [5, 5.41) is 4.28. The Morgan fingerprint density at radius 2 is 2.22 bits per heavy atom. The standard InChI is InChI=1S/C19H22N2O2/c1-15(3-4-16-5-7-18(22-2)8-6-16)10-12-23-20-19-14-21-11-9-17(19)13-21/h5-8,10,17H,9,11-14H2,1-2H3/b15-10+,20-19+. The van der Waals surface area contributed by atoms with Gasteiger partial charge < -0.3 is 9.57 Å². The first kappa shape index (κ1) is 15.6. The lowest BCUT2D eigenvalue weighted by atomic mass is 10.0. The highest BCUT2D eigenvalue weighted by molar-refractivity contribution is 5.91. The summed E-state index contributed by atoms with van der Waals surface area (Å²) in [5.41, 5.74) is 3.15. The maximum atomic E-state index is 5.42. The van der Waals surface area contributed by atoms with E-state index < -0.39 is 0 Å². The highest BCUT2D eigenvalue weighted by Crippen LogP contribution is 2.25. The fraction of sp³-hybridized carbons (Fsp3) is 0.421. The molecule has 0 saturated carbocycles. The largest absolute Gasteiger partial charge is 0.497 e. The first-order valence-electron chi connectivity index (χ1n) is 7.98. The Morgan fingerprint density at radius 3 is 2.87 bits per heavy atom. The van der Waals surface area contributed by atoms with Crippen LogP contribution in [0.2, 0.25) is 0 Å². The predicted octanol–water partition coefficient (Wildman–Crippen LogP) is 2.70. The van der Waals surface area contributed by atoms with Gasteiger partial charge in [0.05, 0.1) is 12.8 Å². The van der Waals surface area contributed by atoms with E-state index in [9.17, 15) is 0 Å². The van der Waals surface area contributed by atoms with Gasteiger partial charge in [-0.2, -0.15) is 0 Å². The number of hydrogen-bond donors (Lipinski definition) is 0. The molecule has 0 aliphatic carbocycles. The van der Waals surface area contributed by atoms with Crippen LogP contribution in [0.1, 0.15) is 18.9 Å². The Balaban J connectivity index is 1.48. The van der Waals surface area contributed by atoms with Gasteiger partial charge in [-0.3, -0.25) is 4.90 Å². The molecule has 0 radical (unpaired) electrons. The van der Waals surface area contributed by atoms with Gasteiger partial charge in [0.1, 0.15) is 12.4 Å². The molecule has 2 aliphatic heterocycles. The van der Waals surface area contributed by atoms with Crippen LogP contribution in [0.5, 0.6) is 5.75 Å². The number of ether oxygens (including phenoxy) is 1. The summed E-state index contributed by atoms with van der Waals surface area (Å²) in [6.07, 6.45) is 3.19. The predicted molar refractivity (Wildman–Crippen MR) is 91.6 cm³/mol. The number of hydrogen-bond acceptors (Lipinski definition) is 4. The van der Waals surface area contributed by atoms with Crippen molar-refractivity contribution in [2.24, 2.45) is 11.1 Å². The lowest BCUT2D eigenvalue weighted by molar-refractivity contribution is 0.171. The third-order valence-corrected chi connectivity index (χ3v) is 4.27. The summed E-state index contributed by atoms with van der Waals surface area (Å²) in [4.78, 5) is 7.85. The number of fused-ring (bicyclic) bond motifs is 2. The summed E-state index contributed by atoms with van der Waals surface area (Å²) < 4.78 is 5.13. The van der Waals surface area contributed by atoms with Crippen LogP contribution < -0.4 is 4.74 Å². The zero-order chi connectivity index (χ0) is 16.1. The molecule has 23 heavy (non-hydrogen) atoms. The number of piperidine rings is 1. The second-order valence-electron chi connectivity index (χ2n) is 5.96. The van der Waals surface area contributed by atoms with E-state index in [4.69, 9.17) is 9.57 Å². The maximum absolute atomic E-state index is 5.42. The van der Waals surface area contributed by atoms with Crippen LogP contribution in [0, 0.1) is 17.8 Å². The number of rotatable bonds is 4. The van der Waals surface area contributed by atoms with Crippen LogP contribution in [0.25, 0.3) is 0 Å². The molecule has 0 aromatic heterocycles. The second-order valence-corrected chi connectivity index (χ2v) is 5.96. The van der Waals surface area contributed by atoms with Crippen molar-refractivity contribution in [2.45, 2.75) is 13.3 Å². The van der Waals surface area contributed by atoms with E-state index >= 15 is 0 Å². The Bertz CT molecular complexity index is 665. The second kappa shape index (κ2) is 7.34. The molecule has 1 aromatic carbocycles. The van der Waals surface area contributed by atoms with E-state index in [0.717, 1.165) is 30.0 Å². The van der Waals surface area contributed by atoms with Gasteiger partial charge in [0.2, 0.25) is 0 Å². The van der Waals surface area contributed by atoms with Crippen LogP contribution in [0.15, 0.2) is 41.1 Å². The zero-order valence-electron chi connectivity index (χ0n) is 13.7. The fourth-order valence-electron chi connectivity index (χ4n) is 2.89. The number of methoxy groups -OCH3 is 1. The summed E-state index contributed by atoms with van der Waals surface area (Å²) in [7, 11) is 1.66. The third kappa shape index (κ3) is 4.14. The van der Waals surface area contributed by atoms with Crippen molar-refractivity contribution in [1.29, 1.82) is 0 Å². The van der Waals surface area contributed by atoms with Gasteiger partial charge in [-0.15, -0.1) is 0 Å². The first-order valence-corrected chi connectivity index (χ1v) is 7.98. The lowest BCUT2D eigenvalue weighted by Gasteiger charge is -2.12. The summed E-state index contributed by atoms with van der Waals surface area (Å²) >= 11 is 0. The summed E-state index contributed by atoms with van der Waals surface area (Å²) in [6, 6.07) is 7.72. The molecule has 2 unspecified atom stereocenters. The van der Waals surface area contributed by atoms with Crippen molar-refractivity contribution in [3.8, 4) is 17.6 Å². The minimum absolute atomic E-state index is 0.472. The number of benzene rings is 1. The topological polar surface area (TPSA) is 34.1 Å². The molecular formula is C19H22N2O2. The van der Waals surface area contributed by atoms with Crippen LogP contribution in [0.3, 0.4) is 0 Å². The Morgan fingerprint density at radius 1 is 1.39 bits per heavy atom. The number of oxime groups is 1. The Hall–Kier alpha value is -2.25. The lowest BCUT2D eigenvalue weighted by Crippen LogP contribution is -2.23. The minimum atomic E-state index is 0.472. The van der Waals surface area contributed by atoms with Gasteiger partial charge in [0.15, 0.2) is 0 Å². The van der Waals surface area contributed by atoms with Gasteiger partial charge in [-0.05, 0) is 55.8 Å². The van der Waals surface area contributed by atoms with Crippen molar-refractivity contribution in [3.63, 3.8) is 0 Å². The fourth-order valence-corrected chi connectivity index (χ4v) is 2.89. The van der Waals surface area contributed by atoms with Crippen molar-refractivity contribution < 1.29 is 9.57 Å². The average molecular weight is 310 g/mol. The van der Waals surface area contributed by atoms with E-state index in [0.29, 0.717) is 12.5 Å². The minimum Gasteiger partial charge on any atom is -0.497 e. The normalized spacial score (nSPS) is 24.4. The monoisotopic (exact) mass is 310 g/mol. The molecule has 4 nitrogen and oxygen atoms in total. The first-order chi connectivity index (χ1) is 11.2. The van der Waals surface area contributed by atoms with Gasteiger partial charge in [-0.25, -0.2) is 0 Å². The molecule has 0 N–H and O–H groups in total. The zero-order valence-corrected chi connectivity index (χ0v) is 13.7. The Labute approximate surface area is 137 Å². The molecule has 2 bridgehead atoms. The average Bonchev–Trinajstić information content (AvgIpc) is 3.20. The van der Waals surface area contributed by atoms with Crippen molar-refractivity contribution in [2.75, 3.05) is 33.4 Å². The molecule has 2 heterocycles. The van der Waals surface area contributed by atoms with Gasteiger partial charge in [0, 0.05) is 24.6 Å². The quantitative estimate of drug-likeness (QED) is 0.487. The molecule has 0 amide bonds. The third-order valence-electron chi connectivity index (χ3n) is 4.27. The molecular weight excluding hydrogens is 288 g/mol. The van der Waals surface area contributed by atoms with Crippen molar-refractivity contribution in [3.05, 3.63) is 41.5 Å². The summed E-state index contributed by atoms with van der Waals surface area (Å²) in [6.45, 7) is 5.80. The van der Waals surface area contributed by atoms with Crippen LogP contribution in [0.4, 0.5) is 0 Å². The molecule has 4 heteroatoms. The van der Waals surface area contributed by atoms with E-state index in [2.05, 4.69) is 21.9 Å². The number of nitrogens with zero attached hydrogens (tertiary/aromatic N) is 2. The molecule has 2 aliphatic rings. The highest BCUT2D eigenvalue weighted by atomic mass is 16.6. The van der Waals surface area contributed by atoms with Gasteiger partial charge >= 0.3 is 0 Å². The Kier molecular flexibility index (Phi) is 4.99. The maximum Gasteiger partial charge on any atom is 0.136 e.